The molecule has 4 rings (SSSR count). The van der Waals surface area contributed by atoms with Crippen molar-refractivity contribution in [1.82, 2.24) is 14.4 Å². The number of sulfonamides is 1. The highest BCUT2D eigenvalue weighted by atomic mass is 32.2. The normalized spacial score (nSPS) is 17.7. The Hall–Kier alpha value is -2.99. The van der Waals surface area contributed by atoms with Gasteiger partial charge in [0.2, 0.25) is 15.8 Å². The fourth-order valence-corrected chi connectivity index (χ4v) is 4.69. The second-order valence-corrected chi connectivity index (χ2v) is 8.67. The Morgan fingerprint density at radius 3 is 2.45 bits per heavy atom. The van der Waals surface area contributed by atoms with E-state index in [0.29, 0.717) is 17.7 Å². The summed E-state index contributed by atoms with van der Waals surface area (Å²) in [7, 11) is -3.99. The van der Waals surface area contributed by atoms with Crippen LogP contribution in [0.25, 0.3) is 11.4 Å². The van der Waals surface area contributed by atoms with Crippen LogP contribution in [0.15, 0.2) is 57.9 Å². The quantitative estimate of drug-likeness (QED) is 0.543. The van der Waals surface area contributed by atoms with E-state index in [0.717, 1.165) is 10.4 Å². The van der Waals surface area contributed by atoms with Gasteiger partial charge >= 0.3 is 12.1 Å². The minimum Gasteiger partial charge on any atom is -0.489 e. The second-order valence-electron chi connectivity index (χ2n) is 6.77. The first-order valence-electron chi connectivity index (χ1n) is 9.07. The van der Waals surface area contributed by atoms with Crippen LogP contribution < -0.4 is 4.74 Å². The number of aromatic nitrogens is 2. The standard InChI is InChI=1S/C19H15F4N3O4S/c20-15-3-1-2-4-16(15)31(27,28)26-10-9-14(11-26)29-13-7-5-12(6-8-13)17-24-18(30-25-17)19(21,22)23/h1-8,14H,9-11H2/t14-/m0/s1. The van der Waals surface area contributed by atoms with Crippen LogP contribution in [0.4, 0.5) is 17.6 Å². The average molecular weight is 457 g/mol. The minimum absolute atomic E-state index is 0.0399. The maximum Gasteiger partial charge on any atom is 0.471 e. The Morgan fingerprint density at radius 2 is 1.81 bits per heavy atom. The third-order valence-corrected chi connectivity index (χ3v) is 6.54. The molecule has 0 spiro atoms. The number of hydrogen-bond donors (Lipinski definition) is 0. The van der Waals surface area contributed by atoms with Gasteiger partial charge in [0.1, 0.15) is 22.6 Å². The van der Waals surface area contributed by atoms with Crippen LogP contribution in [-0.4, -0.2) is 42.1 Å². The molecule has 1 aromatic heterocycles. The van der Waals surface area contributed by atoms with Gasteiger partial charge < -0.3 is 9.26 Å². The van der Waals surface area contributed by atoms with E-state index in [2.05, 4.69) is 14.7 Å². The van der Waals surface area contributed by atoms with E-state index in [1.54, 1.807) is 0 Å². The molecule has 1 saturated heterocycles. The van der Waals surface area contributed by atoms with Crippen LogP contribution >= 0.6 is 0 Å². The summed E-state index contributed by atoms with van der Waals surface area (Å²) >= 11 is 0. The van der Waals surface area contributed by atoms with Crippen LogP contribution in [0.5, 0.6) is 5.75 Å². The minimum atomic E-state index is -4.73. The summed E-state index contributed by atoms with van der Waals surface area (Å²) < 4.78 is 88.1. The molecule has 0 aliphatic carbocycles. The first-order valence-corrected chi connectivity index (χ1v) is 10.5. The van der Waals surface area contributed by atoms with Gasteiger partial charge in [0.15, 0.2) is 0 Å². The van der Waals surface area contributed by atoms with Gasteiger partial charge in [-0.2, -0.15) is 22.5 Å². The number of alkyl halides is 3. The lowest BCUT2D eigenvalue weighted by Crippen LogP contribution is -2.31. The highest BCUT2D eigenvalue weighted by Gasteiger charge is 2.38. The number of benzene rings is 2. The molecule has 1 atom stereocenters. The summed E-state index contributed by atoms with van der Waals surface area (Å²) in [6.07, 6.45) is -4.80. The van der Waals surface area contributed by atoms with Gasteiger partial charge in [-0.3, -0.25) is 0 Å². The van der Waals surface area contributed by atoms with Crippen molar-refractivity contribution < 1.29 is 35.2 Å². The molecule has 0 saturated carbocycles. The molecule has 0 unspecified atom stereocenters. The van der Waals surface area contributed by atoms with Crippen molar-refractivity contribution >= 4 is 10.0 Å². The molecular formula is C19H15F4N3O4S. The number of hydrogen-bond acceptors (Lipinski definition) is 6. The highest BCUT2D eigenvalue weighted by Crippen LogP contribution is 2.30. The number of halogens is 4. The van der Waals surface area contributed by atoms with E-state index in [1.165, 1.54) is 42.5 Å². The SMILES string of the molecule is O=S(=O)(c1ccccc1F)N1CC[C@H](Oc2ccc(-c3noc(C(F)(F)F)n3)cc2)C1. The van der Waals surface area contributed by atoms with Gasteiger partial charge in [-0.15, -0.1) is 0 Å². The van der Waals surface area contributed by atoms with E-state index in [9.17, 15) is 26.0 Å². The van der Waals surface area contributed by atoms with Gasteiger partial charge in [-0.25, -0.2) is 12.8 Å². The Balaban J connectivity index is 1.42. The predicted octanol–water partition coefficient (Wildman–Crippen LogP) is 3.74. The Bertz CT molecular complexity index is 1180. The zero-order chi connectivity index (χ0) is 22.2. The topological polar surface area (TPSA) is 85.5 Å². The van der Waals surface area contributed by atoms with Gasteiger partial charge in [0.05, 0.1) is 6.54 Å². The predicted molar refractivity (Wildman–Crippen MR) is 98.9 cm³/mol. The lowest BCUT2D eigenvalue weighted by atomic mass is 10.2. The molecule has 0 bridgehead atoms. The monoisotopic (exact) mass is 457 g/mol. The second kappa shape index (κ2) is 7.93. The molecule has 12 heteroatoms. The van der Waals surface area contributed by atoms with Crippen molar-refractivity contribution in [1.29, 1.82) is 0 Å². The first kappa shape index (κ1) is 21.2. The fourth-order valence-electron chi connectivity index (χ4n) is 3.14. The van der Waals surface area contributed by atoms with Gasteiger partial charge in [0.25, 0.3) is 0 Å². The zero-order valence-electron chi connectivity index (χ0n) is 15.7. The molecule has 0 radical (unpaired) electrons. The summed E-state index contributed by atoms with van der Waals surface area (Å²) in [5.41, 5.74) is 0.293. The smallest absolute Gasteiger partial charge is 0.471 e. The van der Waals surface area contributed by atoms with E-state index >= 15 is 0 Å². The van der Waals surface area contributed by atoms with Crippen LogP contribution in [-0.2, 0) is 16.2 Å². The Morgan fingerprint density at radius 1 is 1.10 bits per heavy atom. The third-order valence-electron chi connectivity index (χ3n) is 4.65. The molecular weight excluding hydrogens is 442 g/mol. The average Bonchev–Trinajstić information content (AvgIpc) is 3.39. The van der Waals surface area contributed by atoms with Crippen LogP contribution in [0.1, 0.15) is 12.3 Å². The lowest BCUT2D eigenvalue weighted by molar-refractivity contribution is -0.159. The lowest BCUT2D eigenvalue weighted by Gasteiger charge is -2.17. The van der Waals surface area contributed by atoms with Crippen molar-refractivity contribution in [2.75, 3.05) is 13.1 Å². The molecule has 7 nitrogen and oxygen atoms in total. The number of rotatable bonds is 5. The Kier molecular flexibility index (Phi) is 5.43. The maximum atomic E-state index is 13.9. The molecule has 164 valence electrons. The van der Waals surface area contributed by atoms with Crippen molar-refractivity contribution in [2.24, 2.45) is 0 Å². The van der Waals surface area contributed by atoms with Crippen LogP contribution in [0.3, 0.4) is 0 Å². The van der Waals surface area contributed by atoms with E-state index < -0.39 is 38.9 Å². The van der Waals surface area contributed by atoms with Crippen LogP contribution in [0.2, 0.25) is 0 Å². The summed E-state index contributed by atoms with van der Waals surface area (Å²) in [5.74, 6) is -2.09. The van der Waals surface area contributed by atoms with Gasteiger partial charge in [-0.05, 0) is 42.8 Å². The van der Waals surface area contributed by atoms with Crippen LogP contribution in [0, 0.1) is 5.82 Å². The first-order chi connectivity index (χ1) is 14.6. The molecule has 0 amide bonds. The molecule has 31 heavy (non-hydrogen) atoms. The van der Waals surface area contributed by atoms with E-state index in [-0.39, 0.29) is 18.9 Å². The summed E-state index contributed by atoms with van der Waals surface area (Å²) in [5, 5.41) is 3.31. The highest BCUT2D eigenvalue weighted by molar-refractivity contribution is 7.89. The summed E-state index contributed by atoms with van der Waals surface area (Å²) in [6, 6.07) is 11.1. The van der Waals surface area contributed by atoms with Crippen molar-refractivity contribution in [2.45, 2.75) is 23.6 Å². The molecule has 1 aliphatic heterocycles. The third kappa shape index (κ3) is 4.39. The number of ether oxygens (including phenoxy) is 1. The van der Waals surface area contributed by atoms with Gasteiger partial charge in [-0.1, -0.05) is 17.3 Å². The van der Waals surface area contributed by atoms with Crippen molar-refractivity contribution in [3.63, 3.8) is 0 Å². The van der Waals surface area contributed by atoms with Crippen molar-refractivity contribution in [3.05, 3.63) is 60.2 Å². The summed E-state index contributed by atoms with van der Waals surface area (Å²) in [4.78, 5) is 2.92. The maximum absolute atomic E-state index is 13.9. The molecule has 3 aromatic rings. The molecule has 2 aromatic carbocycles. The van der Waals surface area contributed by atoms with Crippen molar-refractivity contribution in [3.8, 4) is 17.1 Å². The Labute approximate surface area is 174 Å². The zero-order valence-corrected chi connectivity index (χ0v) is 16.5. The largest absolute Gasteiger partial charge is 0.489 e. The molecule has 1 aliphatic rings. The number of nitrogens with zero attached hydrogens (tertiary/aromatic N) is 3. The summed E-state index contributed by atoms with van der Waals surface area (Å²) in [6.45, 7) is 0.209. The van der Waals surface area contributed by atoms with E-state index in [1.807, 2.05) is 0 Å². The molecule has 1 fully saturated rings. The fraction of sp³-hybridized carbons (Fsp3) is 0.263. The van der Waals surface area contributed by atoms with Gasteiger partial charge in [0, 0.05) is 12.1 Å². The molecule has 0 N–H and O–H groups in total. The van der Waals surface area contributed by atoms with E-state index in [4.69, 9.17) is 4.74 Å². The molecule has 2 heterocycles.